The third-order valence-electron chi connectivity index (χ3n) is 5.12. The molecule has 1 aromatic carbocycles. The first-order chi connectivity index (χ1) is 13.0. The molecule has 8 nitrogen and oxygen atoms in total. The van der Waals surface area contributed by atoms with Crippen molar-refractivity contribution in [2.45, 2.75) is 18.7 Å². The number of carbonyl (C=O) groups excluding carboxylic acids is 1. The van der Waals surface area contributed by atoms with Crippen LogP contribution in [-0.4, -0.2) is 66.5 Å². The van der Waals surface area contributed by atoms with Gasteiger partial charge in [-0.1, -0.05) is 30.3 Å². The normalized spacial score (nSPS) is 18.3. The smallest absolute Gasteiger partial charge is 0.274 e. The minimum atomic E-state index is -3.39. The van der Waals surface area contributed by atoms with E-state index in [2.05, 4.69) is 15.5 Å². The summed E-state index contributed by atoms with van der Waals surface area (Å²) in [6.45, 7) is 2.89. The van der Waals surface area contributed by atoms with E-state index < -0.39 is 10.0 Å². The quantitative estimate of drug-likeness (QED) is 0.786. The highest BCUT2D eigenvalue weighted by Crippen LogP contribution is 2.19. The monoisotopic (exact) mass is 389 g/mol. The molecule has 9 heteroatoms. The van der Waals surface area contributed by atoms with Gasteiger partial charge in [0.2, 0.25) is 10.0 Å². The van der Waals surface area contributed by atoms with Crippen molar-refractivity contribution >= 4 is 15.9 Å². The molecule has 27 heavy (non-hydrogen) atoms. The van der Waals surface area contributed by atoms with Crippen molar-refractivity contribution in [3.05, 3.63) is 52.8 Å². The zero-order chi connectivity index (χ0) is 18.9. The second kappa shape index (κ2) is 7.41. The van der Waals surface area contributed by atoms with Gasteiger partial charge in [0.15, 0.2) is 5.69 Å². The number of rotatable bonds is 4. The molecule has 0 unspecified atom stereocenters. The maximum absolute atomic E-state index is 12.8. The van der Waals surface area contributed by atoms with Crippen LogP contribution in [0.5, 0.6) is 0 Å². The van der Waals surface area contributed by atoms with Gasteiger partial charge in [0.05, 0.1) is 5.75 Å². The van der Waals surface area contributed by atoms with Crippen molar-refractivity contribution in [3.63, 3.8) is 0 Å². The van der Waals surface area contributed by atoms with E-state index in [4.69, 9.17) is 0 Å². The number of amides is 1. The summed E-state index contributed by atoms with van der Waals surface area (Å²) in [4.78, 5) is 14.5. The van der Waals surface area contributed by atoms with Gasteiger partial charge in [0, 0.05) is 56.9 Å². The molecule has 2 aliphatic heterocycles. The van der Waals surface area contributed by atoms with Crippen LogP contribution in [0.3, 0.4) is 0 Å². The van der Waals surface area contributed by atoms with Gasteiger partial charge in [-0.2, -0.15) is 9.40 Å². The Morgan fingerprint density at radius 1 is 1.11 bits per heavy atom. The van der Waals surface area contributed by atoms with Gasteiger partial charge in [-0.3, -0.25) is 9.89 Å². The van der Waals surface area contributed by atoms with E-state index in [-0.39, 0.29) is 11.7 Å². The van der Waals surface area contributed by atoms with E-state index in [9.17, 15) is 13.2 Å². The number of benzene rings is 1. The van der Waals surface area contributed by atoms with Crippen molar-refractivity contribution in [1.82, 2.24) is 24.7 Å². The Kier molecular flexibility index (Phi) is 4.98. The first kappa shape index (κ1) is 18.1. The second-order valence-corrected chi connectivity index (χ2v) is 8.86. The van der Waals surface area contributed by atoms with Gasteiger partial charge in [0.25, 0.3) is 5.91 Å². The average molecular weight is 389 g/mol. The van der Waals surface area contributed by atoms with Gasteiger partial charge < -0.3 is 10.2 Å². The van der Waals surface area contributed by atoms with Crippen molar-refractivity contribution in [2.24, 2.45) is 0 Å². The number of aromatic amines is 1. The highest BCUT2D eigenvalue weighted by molar-refractivity contribution is 7.88. The molecular formula is C18H23N5O3S. The first-order valence-electron chi connectivity index (χ1n) is 9.12. The highest BCUT2D eigenvalue weighted by Gasteiger charge is 2.31. The van der Waals surface area contributed by atoms with Crippen molar-refractivity contribution in [3.8, 4) is 0 Å². The number of nitrogens with zero attached hydrogens (tertiary/aromatic N) is 3. The summed E-state index contributed by atoms with van der Waals surface area (Å²) in [6.07, 6.45) is 0.834. The van der Waals surface area contributed by atoms with Crippen LogP contribution in [0.2, 0.25) is 0 Å². The molecule has 0 bridgehead atoms. The molecule has 0 atom stereocenters. The molecular weight excluding hydrogens is 366 g/mol. The Labute approximate surface area is 158 Å². The molecule has 3 heterocycles. The molecule has 1 saturated heterocycles. The van der Waals surface area contributed by atoms with Gasteiger partial charge >= 0.3 is 0 Å². The predicted molar refractivity (Wildman–Crippen MR) is 101 cm³/mol. The van der Waals surface area contributed by atoms with E-state index >= 15 is 0 Å². The second-order valence-electron chi connectivity index (χ2n) is 6.89. The summed E-state index contributed by atoms with van der Waals surface area (Å²) < 4.78 is 26.8. The lowest BCUT2D eigenvalue weighted by Gasteiger charge is -2.34. The third kappa shape index (κ3) is 3.76. The summed E-state index contributed by atoms with van der Waals surface area (Å²) in [6, 6.07) is 9.16. The Hall–Kier alpha value is -2.23. The van der Waals surface area contributed by atoms with Crippen LogP contribution >= 0.6 is 0 Å². The number of carbonyl (C=O) groups is 1. The van der Waals surface area contributed by atoms with E-state index in [1.807, 2.05) is 30.3 Å². The summed E-state index contributed by atoms with van der Waals surface area (Å²) in [5.41, 5.74) is 3.18. The van der Waals surface area contributed by atoms with Crippen LogP contribution < -0.4 is 5.32 Å². The van der Waals surface area contributed by atoms with Gasteiger partial charge in [-0.25, -0.2) is 8.42 Å². The fourth-order valence-electron chi connectivity index (χ4n) is 3.60. The fraction of sp³-hybridized carbons (Fsp3) is 0.444. The average Bonchev–Trinajstić information content (AvgIpc) is 3.12. The van der Waals surface area contributed by atoms with Gasteiger partial charge in [0.1, 0.15) is 0 Å². The number of aromatic nitrogens is 2. The SMILES string of the molecule is O=C(c1n[nH]c2c1CNCC2)N1CCN(S(=O)(=O)Cc2ccccc2)CC1. The van der Waals surface area contributed by atoms with Crippen LogP contribution in [-0.2, 0) is 28.7 Å². The first-order valence-corrected chi connectivity index (χ1v) is 10.7. The number of fused-ring (bicyclic) bond motifs is 1. The van der Waals surface area contributed by atoms with Crippen LogP contribution in [0.4, 0.5) is 0 Å². The van der Waals surface area contributed by atoms with E-state index in [1.165, 1.54) is 4.31 Å². The van der Waals surface area contributed by atoms with Crippen LogP contribution in [0, 0.1) is 0 Å². The molecule has 4 rings (SSSR count). The predicted octanol–water partition coefficient (Wildman–Crippen LogP) is 0.343. The molecule has 0 saturated carbocycles. The van der Waals surface area contributed by atoms with Crippen molar-refractivity contribution in [1.29, 1.82) is 0 Å². The number of sulfonamides is 1. The Morgan fingerprint density at radius 3 is 2.59 bits per heavy atom. The van der Waals surface area contributed by atoms with Gasteiger partial charge in [-0.05, 0) is 5.56 Å². The molecule has 1 aromatic heterocycles. The zero-order valence-electron chi connectivity index (χ0n) is 15.0. The lowest BCUT2D eigenvalue weighted by atomic mass is 10.1. The molecule has 144 valence electrons. The molecule has 0 aliphatic carbocycles. The van der Waals surface area contributed by atoms with E-state index in [1.54, 1.807) is 4.90 Å². The molecule has 0 radical (unpaired) electrons. The topological polar surface area (TPSA) is 98.4 Å². The lowest BCUT2D eigenvalue weighted by molar-refractivity contribution is 0.0690. The zero-order valence-corrected chi connectivity index (χ0v) is 15.8. The standard InChI is InChI=1S/C18H23N5O3S/c24-18(17-15-12-19-7-6-16(15)20-21-17)22-8-10-23(11-9-22)27(25,26)13-14-4-2-1-3-5-14/h1-5,19H,6-13H2,(H,20,21). The lowest BCUT2D eigenvalue weighted by Crippen LogP contribution is -2.51. The van der Waals surface area contributed by atoms with Gasteiger partial charge in [-0.15, -0.1) is 0 Å². The Morgan fingerprint density at radius 2 is 1.85 bits per heavy atom. The largest absolute Gasteiger partial charge is 0.335 e. The molecule has 0 spiro atoms. The van der Waals surface area contributed by atoms with Crippen LogP contribution in [0.1, 0.15) is 27.3 Å². The van der Waals surface area contributed by atoms with Crippen molar-refractivity contribution in [2.75, 3.05) is 32.7 Å². The Bertz CT molecular complexity index is 918. The molecule has 2 aliphatic rings. The van der Waals surface area contributed by atoms with Crippen LogP contribution in [0.15, 0.2) is 30.3 Å². The van der Waals surface area contributed by atoms with E-state index in [0.29, 0.717) is 38.4 Å². The highest BCUT2D eigenvalue weighted by atomic mass is 32.2. The molecule has 1 amide bonds. The number of hydrogen-bond donors (Lipinski definition) is 2. The maximum atomic E-state index is 12.8. The summed E-state index contributed by atoms with van der Waals surface area (Å²) in [5, 5.41) is 10.4. The summed E-state index contributed by atoms with van der Waals surface area (Å²) in [5.74, 6) is -0.142. The van der Waals surface area contributed by atoms with E-state index in [0.717, 1.165) is 29.8 Å². The molecule has 2 N–H and O–H groups in total. The van der Waals surface area contributed by atoms with Crippen LogP contribution in [0.25, 0.3) is 0 Å². The fourth-order valence-corrected chi connectivity index (χ4v) is 5.11. The number of nitrogens with one attached hydrogen (secondary N) is 2. The number of H-pyrrole nitrogens is 1. The summed E-state index contributed by atoms with van der Waals surface area (Å²) in [7, 11) is -3.39. The minimum absolute atomic E-state index is 0.0136. The number of hydrogen-bond acceptors (Lipinski definition) is 5. The minimum Gasteiger partial charge on any atom is -0.335 e. The Balaban J connectivity index is 1.40. The third-order valence-corrected chi connectivity index (χ3v) is 6.97. The molecule has 1 fully saturated rings. The number of piperazine rings is 1. The van der Waals surface area contributed by atoms with Crippen molar-refractivity contribution < 1.29 is 13.2 Å². The molecule has 2 aromatic rings. The summed E-state index contributed by atoms with van der Waals surface area (Å²) >= 11 is 0. The maximum Gasteiger partial charge on any atom is 0.274 e.